The molecule has 0 radical (unpaired) electrons. The average molecular weight is 574 g/mol. The molecule has 2 aromatic carbocycles. The van der Waals surface area contributed by atoms with Gasteiger partial charge in [0.2, 0.25) is 0 Å². The van der Waals surface area contributed by atoms with Crippen molar-refractivity contribution in [1.29, 1.82) is 0 Å². The number of amides is 1. The van der Waals surface area contributed by atoms with Crippen molar-refractivity contribution in [3.05, 3.63) is 99.0 Å². The molecule has 4 aromatic rings. The lowest BCUT2D eigenvalue weighted by Gasteiger charge is -2.28. The zero-order valence-corrected chi connectivity index (χ0v) is 22.3. The maximum atomic E-state index is 15.3. The summed E-state index contributed by atoms with van der Waals surface area (Å²) in [5.41, 5.74) is 0.707. The molecule has 0 fully saturated rings. The zero-order chi connectivity index (χ0) is 29.2. The third-order valence-electron chi connectivity index (χ3n) is 5.84. The number of rotatable bonds is 8. The molecule has 1 amide bonds. The fraction of sp³-hybridized carbons (Fsp3) is 0.214. The highest BCUT2D eigenvalue weighted by atomic mass is 32.1. The quantitative estimate of drug-likeness (QED) is 0.225. The second kappa shape index (κ2) is 11.4. The minimum Gasteiger partial charge on any atom is -0.478 e. The first-order valence-corrected chi connectivity index (χ1v) is 12.8. The highest BCUT2D eigenvalue weighted by Crippen LogP contribution is 2.41. The Morgan fingerprint density at radius 3 is 2.40 bits per heavy atom. The number of carboxylic acids is 1. The highest BCUT2D eigenvalue weighted by Gasteiger charge is 2.36. The van der Waals surface area contributed by atoms with Crippen molar-refractivity contribution in [3.8, 4) is 11.5 Å². The van der Waals surface area contributed by atoms with Gasteiger partial charge in [0, 0.05) is 41.9 Å². The molecule has 4 rings (SSSR count). The Balaban J connectivity index is 1.74. The minimum atomic E-state index is -4.84. The summed E-state index contributed by atoms with van der Waals surface area (Å²) in [4.78, 5) is 35.2. The van der Waals surface area contributed by atoms with Crippen molar-refractivity contribution in [2.75, 3.05) is 4.90 Å². The van der Waals surface area contributed by atoms with Gasteiger partial charge in [0.1, 0.15) is 11.4 Å². The Hall–Kier alpha value is -4.32. The first kappa shape index (κ1) is 28.7. The lowest BCUT2D eigenvalue weighted by Crippen LogP contribution is -2.38. The van der Waals surface area contributed by atoms with E-state index in [1.165, 1.54) is 29.7 Å². The molecule has 2 aromatic heterocycles. The van der Waals surface area contributed by atoms with Crippen molar-refractivity contribution < 1.29 is 37.0 Å². The third-order valence-corrected chi connectivity index (χ3v) is 6.62. The van der Waals surface area contributed by atoms with Crippen molar-refractivity contribution in [3.63, 3.8) is 0 Å². The third kappa shape index (κ3) is 6.28. The fourth-order valence-corrected chi connectivity index (χ4v) is 4.61. The average Bonchev–Trinajstić information content (AvgIpc) is 3.39. The van der Waals surface area contributed by atoms with Crippen LogP contribution < -0.4 is 9.64 Å². The summed E-state index contributed by atoms with van der Waals surface area (Å²) in [7, 11) is 0. The molecule has 0 aliphatic carbocycles. The molecular formula is C28H23F4N3O4S. The van der Waals surface area contributed by atoms with Crippen molar-refractivity contribution in [1.82, 2.24) is 9.97 Å². The predicted molar refractivity (Wildman–Crippen MR) is 141 cm³/mol. The summed E-state index contributed by atoms with van der Waals surface area (Å²) >= 11 is 1.29. The van der Waals surface area contributed by atoms with Gasteiger partial charge in [0.15, 0.2) is 11.6 Å². The van der Waals surface area contributed by atoms with E-state index in [1.54, 1.807) is 38.5 Å². The normalized spacial score (nSPS) is 11.5. The number of carboxylic acid groups (broad SMARTS) is 1. The van der Waals surface area contributed by atoms with Crippen LogP contribution in [-0.4, -0.2) is 33.0 Å². The van der Waals surface area contributed by atoms with E-state index in [4.69, 9.17) is 4.74 Å². The molecule has 208 valence electrons. The summed E-state index contributed by atoms with van der Waals surface area (Å²) in [6, 6.07) is 7.37. The monoisotopic (exact) mass is 573 g/mol. The Kier molecular flexibility index (Phi) is 8.19. The molecule has 0 unspecified atom stereocenters. The SMILES string of the molecule is Cc1ccc(C(=O)N(c2cc(F)c(Oc3ccc(Cc4cncs4)cc3C(F)(F)F)cc2C(=O)O)C(C)C)nc1. The molecule has 0 bridgehead atoms. The Bertz CT molecular complexity index is 1540. The van der Waals surface area contributed by atoms with Gasteiger partial charge in [-0.2, -0.15) is 13.2 Å². The Morgan fingerprint density at radius 2 is 1.82 bits per heavy atom. The van der Waals surface area contributed by atoms with E-state index in [0.717, 1.165) is 39.6 Å². The molecule has 12 heteroatoms. The molecule has 40 heavy (non-hydrogen) atoms. The number of alkyl halides is 3. The van der Waals surface area contributed by atoms with Crippen LogP contribution in [0.25, 0.3) is 0 Å². The lowest BCUT2D eigenvalue weighted by atomic mass is 10.1. The zero-order valence-electron chi connectivity index (χ0n) is 21.5. The molecule has 7 nitrogen and oxygen atoms in total. The largest absolute Gasteiger partial charge is 0.478 e. The molecule has 0 saturated heterocycles. The number of halogens is 4. The van der Waals surface area contributed by atoms with Gasteiger partial charge < -0.3 is 14.7 Å². The topological polar surface area (TPSA) is 92.6 Å². The van der Waals surface area contributed by atoms with Crippen LogP contribution in [0.2, 0.25) is 0 Å². The highest BCUT2D eigenvalue weighted by molar-refractivity contribution is 7.09. The van der Waals surface area contributed by atoms with Crippen LogP contribution >= 0.6 is 11.3 Å². The molecule has 1 N–H and O–H groups in total. The number of aryl methyl sites for hydroxylation is 1. The number of thiazole rings is 1. The summed E-state index contributed by atoms with van der Waals surface area (Å²) < 4.78 is 62.4. The smallest absolute Gasteiger partial charge is 0.419 e. The van der Waals surface area contributed by atoms with E-state index in [0.29, 0.717) is 5.56 Å². The Morgan fingerprint density at radius 1 is 1.07 bits per heavy atom. The molecular weight excluding hydrogens is 550 g/mol. The van der Waals surface area contributed by atoms with Crippen molar-refractivity contribution >= 4 is 28.9 Å². The summed E-state index contributed by atoms with van der Waals surface area (Å²) in [5.74, 6) is -4.82. The number of aromatic carboxylic acids is 1. The standard InChI is InChI=1S/C28H23F4N3O4S/c1-15(2)35(26(36)22-6-4-16(3)12-34-22)23-11-21(29)25(10-19(23)27(37)38)39-24-7-5-17(8-18-13-33-14-40-18)9-20(24)28(30,31)32/h4-7,9-15H,8H2,1-3H3,(H,37,38). The number of hydrogen-bond acceptors (Lipinski definition) is 6. The molecule has 0 aliphatic rings. The van der Waals surface area contributed by atoms with Crippen LogP contribution in [0.5, 0.6) is 11.5 Å². The number of ether oxygens (including phenoxy) is 1. The van der Waals surface area contributed by atoms with E-state index >= 15 is 4.39 Å². The first-order valence-electron chi connectivity index (χ1n) is 11.9. The summed E-state index contributed by atoms with van der Waals surface area (Å²) in [6.07, 6.45) is -1.63. The molecule has 0 aliphatic heterocycles. The second-order valence-corrected chi connectivity index (χ2v) is 10.1. The van der Waals surface area contributed by atoms with Crippen molar-refractivity contribution in [2.24, 2.45) is 0 Å². The number of carbonyl (C=O) groups excluding carboxylic acids is 1. The molecule has 0 atom stereocenters. The fourth-order valence-electron chi connectivity index (χ4n) is 3.98. The van der Waals surface area contributed by atoms with Crippen LogP contribution in [0.3, 0.4) is 0 Å². The van der Waals surface area contributed by atoms with Gasteiger partial charge in [0.05, 0.1) is 22.3 Å². The van der Waals surface area contributed by atoms with Crippen LogP contribution in [0, 0.1) is 12.7 Å². The van der Waals surface area contributed by atoms with Crippen LogP contribution in [-0.2, 0) is 12.6 Å². The number of carbonyl (C=O) groups is 2. The van der Waals surface area contributed by atoms with Gasteiger partial charge in [-0.25, -0.2) is 9.18 Å². The summed E-state index contributed by atoms with van der Waals surface area (Å²) in [6.45, 7) is 4.98. The maximum absolute atomic E-state index is 15.3. The number of aromatic nitrogens is 2. The number of anilines is 1. The van der Waals surface area contributed by atoms with Gasteiger partial charge in [-0.05, 0) is 50.1 Å². The number of hydrogen-bond donors (Lipinski definition) is 1. The van der Waals surface area contributed by atoms with E-state index in [-0.39, 0.29) is 17.8 Å². The van der Waals surface area contributed by atoms with Gasteiger partial charge in [-0.15, -0.1) is 11.3 Å². The van der Waals surface area contributed by atoms with Gasteiger partial charge >= 0.3 is 12.1 Å². The molecule has 2 heterocycles. The van der Waals surface area contributed by atoms with Crippen LogP contribution in [0.1, 0.15) is 56.3 Å². The van der Waals surface area contributed by atoms with E-state index in [2.05, 4.69) is 9.97 Å². The first-order chi connectivity index (χ1) is 18.8. The second-order valence-electron chi connectivity index (χ2n) is 9.17. The van der Waals surface area contributed by atoms with E-state index < -0.39 is 52.5 Å². The van der Waals surface area contributed by atoms with Crippen molar-refractivity contribution in [2.45, 2.75) is 39.4 Å². The summed E-state index contributed by atoms with van der Waals surface area (Å²) in [5, 5.41) is 9.89. The maximum Gasteiger partial charge on any atom is 0.419 e. The lowest BCUT2D eigenvalue weighted by molar-refractivity contribution is -0.138. The van der Waals surface area contributed by atoms with E-state index in [1.807, 2.05) is 0 Å². The minimum absolute atomic E-state index is 0.00427. The Labute approximate surface area is 230 Å². The van der Waals surface area contributed by atoms with Crippen LogP contribution in [0.15, 0.2) is 60.4 Å². The van der Waals surface area contributed by atoms with E-state index in [9.17, 15) is 27.9 Å². The number of nitrogens with zero attached hydrogens (tertiary/aromatic N) is 3. The molecule has 0 saturated carbocycles. The number of benzene rings is 2. The van der Waals surface area contributed by atoms with Gasteiger partial charge in [-0.3, -0.25) is 14.8 Å². The number of pyridine rings is 1. The molecule has 0 spiro atoms. The van der Waals surface area contributed by atoms with Gasteiger partial charge in [-0.1, -0.05) is 12.1 Å². The van der Waals surface area contributed by atoms with Crippen LogP contribution in [0.4, 0.5) is 23.2 Å². The predicted octanol–water partition coefficient (Wildman–Crippen LogP) is 7.14. The van der Waals surface area contributed by atoms with Gasteiger partial charge in [0.25, 0.3) is 5.91 Å².